The molecule has 106 valence electrons. The van der Waals surface area contributed by atoms with E-state index in [-0.39, 0.29) is 24.2 Å². The molecule has 0 spiro atoms. The summed E-state index contributed by atoms with van der Waals surface area (Å²) in [6, 6.07) is 0. The largest absolute Gasteiger partial charge is 0.573 e. The van der Waals surface area contributed by atoms with Crippen LogP contribution < -0.4 is 15.9 Å². The van der Waals surface area contributed by atoms with Crippen molar-refractivity contribution in [2.75, 3.05) is 7.11 Å². The highest BCUT2D eigenvalue weighted by molar-refractivity contribution is 5.72. The van der Waals surface area contributed by atoms with Gasteiger partial charge in [-0.1, -0.05) is 0 Å². The monoisotopic (exact) mass is 280 g/mol. The molecule has 1 aromatic rings. The number of carbonyl (C=O) groups excluding carboxylic acids is 1. The Kier molecular flexibility index (Phi) is 4.54. The number of carbonyl (C=O) groups is 1. The van der Waals surface area contributed by atoms with Crippen molar-refractivity contribution in [3.8, 4) is 5.75 Å². The fraction of sp³-hybridized carbons (Fsp3) is 0.400. The smallest absolute Gasteiger partial charge is 0.469 e. The summed E-state index contributed by atoms with van der Waals surface area (Å²) < 4.78 is 44.1. The van der Waals surface area contributed by atoms with Gasteiger partial charge in [0, 0.05) is 24.0 Å². The number of pyridine rings is 1. The zero-order valence-electron chi connectivity index (χ0n) is 9.84. The van der Waals surface area contributed by atoms with Gasteiger partial charge in [-0.2, -0.15) is 0 Å². The number of halogens is 3. The normalized spacial score (nSPS) is 11.2. The van der Waals surface area contributed by atoms with E-state index in [0.29, 0.717) is 0 Å². The van der Waals surface area contributed by atoms with Gasteiger partial charge < -0.3 is 20.2 Å². The first-order valence-corrected chi connectivity index (χ1v) is 5.04. The minimum atomic E-state index is -4.98. The second-order valence-electron chi connectivity index (χ2n) is 3.44. The lowest BCUT2D eigenvalue weighted by Crippen LogP contribution is -2.26. The highest BCUT2D eigenvalue weighted by Gasteiger charge is 2.32. The summed E-state index contributed by atoms with van der Waals surface area (Å²) in [4.78, 5) is 25.1. The molecule has 0 aliphatic carbocycles. The van der Waals surface area contributed by atoms with Crippen molar-refractivity contribution in [3.05, 3.63) is 27.7 Å². The number of H-pyrrole nitrogens is 1. The van der Waals surface area contributed by atoms with E-state index in [4.69, 9.17) is 5.73 Å². The van der Waals surface area contributed by atoms with E-state index in [1.165, 1.54) is 0 Å². The Morgan fingerprint density at radius 2 is 2.11 bits per heavy atom. The molecule has 3 N–H and O–H groups in total. The molecule has 19 heavy (non-hydrogen) atoms. The maximum Gasteiger partial charge on any atom is 0.573 e. The lowest BCUT2D eigenvalue weighted by atomic mass is 10.1. The van der Waals surface area contributed by atoms with Crippen molar-refractivity contribution < 1.29 is 27.4 Å². The number of aromatic nitrogens is 1. The molecular formula is C10H11F3N2O4. The zero-order valence-corrected chi connectivity index (χ0v) is 9.84. The molecule has 9 heteroatoms. The molecule has 0 unspecified atom stereocenters. The quantitative estimate of drug-likeness (QED) is 0.781. The average Bonchev–Trinajstić information content (AvgIpc) is 2.31. The summed E-state index contributed by atoms with van der Waals surface area (Å²) in [6.07, 6.45) is -4.55. The van der Waals surface area contributed by atoms with E-state index >= 15 is 0 Å². The molecule has 6 nitrogen and oxygen atoms in total. The molecule has 0 fully saturated rings. The number of ether oxygens (including phenoxy) is 2. The molecule has 0 saturated carbocycles. The van der Waals surface area contributed by atoms with Gasteiger partial charge in [0.1, 0.15) is 0 Å². The van der Waals surface area contributed by atoms with Crippen molar-refractivity contribution in [3.63, 3.8) is 0 Å². The lowest BCUT2D eigenvalue weighted by Gasteiger charge is -2.11. The molecule has 0 aliphatic rings. The second kappa shape index (κ2) is 5.74. The second-order valence-corrected chi connectivity index (χ2v) is 3.44. The molecule has 0 aliphatic heterocycles. The highest BCUT2D eigenvalue weighted by Crippen LogP contribution is 2.20. The van der Waals surface area contributed by atoms with Gasteiger partial charge in [0.2, 0.25) is 5.43 Å². The molecule has 0 aromatic carbocycles. The Hall–Kier alpha value is -2.03. The van der Waals surface area contributed by atoms with E-state index in [2.05, 4.69) is 14.5 Å². The van der Waals surface area contributed by atoms with E-state index in [9.17, 15) is 22.8 Å². The van der Waals surface area contributed by atoms with Gasteiger partial charge in [0.25, 0.3) is 0 Å². The molecule has 1 heterocycles. The predicted molar refractivity (Wildman–Crippen MR) is 57.4 cm³/mol. The number of hydrogen-bond donors (Lipinski definition) is 2. The van der Waals surface area contributed by atoms with Crippen molar-refractivity contribution in [2.45, 2.75) is 19.3 Å². The van der Waals surface area contributed by atoms with Crippen LogP contribution in [0.5, 0.6) is 5.75 Å². The van der Waals surface area contributed by atoms with Gasteiger partial charge in [0.05, 0.1) is 13.5 Å². The first-order chi connectivity index (χ1) is 8.78. The van der Waals surface area contributed by atoms with Gasteiger partial charge in [0.15, 0.2) is 5.75 Å². The summed E-state index contributed by atoms with van der Waals surface area (Å²) in [5.74, 6) is -1.59. The van der Waals surface area contributed by atoms with Crippen LogP contribution in [0.2, 0.25) is 0 Å². The SMILES string of the molecule is COC(=O)Cc1[nH]cc(OC(F)(F)F)c(=O)c1CN. The maximum absolute atomic E-state index is 12.0. The Morgan fingerprint density at radius 3 is 2.58 bits per heavy atom. The average molecular weight is 280 g/mol. The van der Waals surface area contributed by atoms with Crippen LogP contribution >= 0.6 is 0 Å². The number of nitrogens with two attached hydrogens (primary N) is 1. The van der Waals surface area contributed by atoms with Gasteiger partial charge in [-0.25, -0.2) is 0 Å². The van der Waals surface area contributed by atoms with Crippen LogP contribution in [0.15, 0.2) is 11.0 Å². The summed E-state index contributed by atoms with van der Waals surface area (Å²) in [7, 11) is 1.14. The summed E-state index contributed by atoms with van der Waals surface area (Å²) in [5, 5.41) is 0. The summed E-state index contributed by atoms with van der Waals surface area (Å²) >= 11 is 0. The Morgan fingerprint density at radius 1 is 1.47 bits per heavy atom. The molecule has 1 aromatic heterocycles. The molecule has 1 rings (SSSR count). The zero-order chi connectivity index (χ0) is 14.6. The fourth-order valence-corrected chi connectivity index (χ4v) is 1.38. The van der Waals surface area contributed by atoms with Gasteiger partial charge in [-0.3, -0.25) is 9.59 Å². The first-order valence-electron chi connectivity index (χ1n) is 5.04. The maximum atomic E-state index is 12.0. The predicted octanol–water partition coefficient (Wildman–Crippen LogP) is 0.448. The van der Waals surface area contributed by atoms with Crippen molar-refractivity contribution in [1.82, 2.24) is 4.98 Å². The molecule has 0 bridgehead atoms. The molecule has 0 amide bonds. The number of aromatic amines is 1. The van der Waals surface area contributed by atoms with E-state index in [1.54, 1.807) is 0 Å². The van der Waals surface area contributed by atoms with E-state index < -0.39 is 23.5 Å². The molecule has 0 saturated heterocycles. The summed E-state index contributed by atoms with van der Waals surface area (Å²) in [6.45, 7) is -0.337. The third-order valence-electron chi connectivity index (χ3n) is 2.22. The molecule has 0 atom stereocenters. The van der Waals surface area contributed by atoms with Crippen LogP contribution in [0, 0.1) is 0 Å². The number of nitrogens with one attached hydrogen (secondary N) is 1. The van der Waals surface area contributed by atoms with Crippen LogP contribution in [0.4, 0.5) is 13.2 Å². The number of rotatable bonds is 4. The number of methoxy groups -OCH3 is 1. The minimum absolute atomic E-state index is 0.0916. The molecule has 0 radical (unpaired) electrons. The lowest BCUT2D eigenvalue weighted by molar-refractivity contribution is -0.275. The van der Waals surface area contributed by atoms with E-state index in [0.717, 1.165) is 13.3 Å². The van der Waals surface area contributed by atoms with Crippen molar-refractivity contribution >= 4 is 5.97 Å². The van der Waals surface area contributed by atoms with Crippen LogP contribution in [0.3, 0.4) is 0 Å². The van der Waals surface area contributed by atoms with Gasteiger partial charge in [-0.05, 0) is 0 Å². The van der Waals surface area contributed by atoms with Crippen LogP contribution in [-0.2, 0) is 22.5 Å². The first kappa shape index (κ1) is 15.0. The number of alkyl halides is 3. The number of esters is 1. The van der Waals surface area contributed by atoms with Crippen molar-refractivity contribution in [1.29, 1.82) is 0 Å². The topological polar surface area (TPSA) is 94.4 Å². The van der Waals surface area contributed by atoms with Crippen LogP contribution in [0.1, 0.15) is 11.3 Å². The van der Waals surface area contributed by atoms with E-state index in [1.807, 2.05) is 0 Å². The standard InChI is InChI=1S/C10H11F3N2O4/c1-18-8(16)2-6-5(3-14)9(17)7(4-15-6)19-10(11,12)13/h4H,2-3,14H2,1H3,(H,15,17). The highest BCUT2D eigenvalue weighted by atomic mass is 19.4. The van der Waals surface area contributed by atoms with Crippen LogP contribution in [0.25, 0.3) is 0 Å². The molecular weight excluding hydrogens is 269 g/mol. The third-order valence-corrected chi connectivity index (χ3v) is 2.22. The Bertz CT molecular complexity index is 524. The van der Waals surface area contributed by atoms with Crippen molar-refractivity contribution in [2.24, 2.45) is 5.73 Å². The fourth-order valence-electron chi connectivity index (χ4n) is 1.38. The van der Waals surface area contributed by atoms with Gasteiger partial charge in [-0.15, -0.1) is 13.2 Å². The summed E-state index contributed by atoms with van der Waals surface area (Å²) in [5.41, 5.74) is 4.21. The third kappa shape index (κ3) is 3.98. The van der Waals surface area contributed by atoms with Gasteiger partial charge >= 0.3 is 12.3 Å². The number of hydrogen-bond acceptors (Lipinski definition) is 5. The van der Waals surface area contributed by atoms with Crippen LogP contribution in [-0.4, -0.2) is 24.4 Å². The minimum Gasteiger partial charge on any atom is -0.469 e. The Labute approximate surface area is 105 Å². The Balaban J connectivity index is 3.16.